The van der Waals surface area contributed by atoms with Crippen LogP contribution in [0.1, 0.15) is 47.5 Å². The molecule has 0 aliphatic heterocycles. The molecular formula is C16H35N3O2. The van der Waals surface area contributed by atoms with Gasteiger partial charge in [0.25, 0.3) is 0 Å². The van der Waals surface area contributed by atoms with Crippen molar-refractivity contribution in [1.29, 1.82) is 0 Å². The molecule has 1 unspecified atom stereocenters. The standard InChI is InChI=1S/C16H35N3O2/c1-13(2)12-19(10-11-21-6)9-7-8-16(5,15(17)20)18-14(3)4/h13-14,18H,7-12H2,1-6H3,(H2,17,20). The zero-order valence-electron chi connectivity index (χ0n) is 14.7. The summed E-state index contributed by atoms with van der Waals surface area (Å²) >= 11 is 0. The third-order valence-corrected chi connectivity index (χ3v) is 3.54. The molecule has 0 saturated carbocycles. The van der Waals surface area contributed by atoms with Crippen LogP contribution in [0.2, 0.25) is 0 Å². The van der Waals surface area contributed by atoms with Crippen LogP contribution in [0.4, 0.5) is 0 Å². The van der Waals surface area contributed by atoms with Crippen LogP contribution in [0.25, 0.3) is 0 Å². The van der Waals surface area contributed by atoms with Gasteiger partial charge < -0.3 is 20.7 Å². The number of methoxy groups -OCH3 is 1. The third kappa shape index (κ3) is 9.06. The predicted molar refractivity (Wildman–Crippen MR) is 88.3 cm³/mol. The van der Waals surface area contributed by atoms with E-state index >= 15 is 0 Å². The number of hydrogen-bond donors (Lipinski definition) is 2. The van der Waals surface area contributed by atoms with Crippen LogP contribution in [0.3, 0.4) is 0 Å². The topological polar surface area (TPSA) is 67.6 Å². The van der Waals surface area contributed by atoms with E-state index in [2.05, 4.69) is 24.1 Å². The van der Waals surface area contributed by atoms with E-state index in [1.807, 2.05) is 20.8 Å². The van der Waals surface area contributed by atoms with Crippen molar-refractivity contribution in [2.75, 3.05) is 33.4 Å². The number of rotatable bonds is 12. The van der Waals surface area contributed by atoms with Crippen molar-refractivity contribution in [1.82, 2.24) is 10.2 Å². The molecule has 0 heterocycles. The van der Waals surface area contributed by atoms with Gasteiger partial charge in [0.15, 0.2) is 0 Å². The highest BCUT2D eigenvalue weighted by molar-refractivity contribution is 5.84. The molecule has 0 aliphatic rings. The van der Waals surface area contributed by atoms with E-state index in [-0.39, 0.29) is 11.9 Å². The maximum absolute atomic E-state index is 11.7. The molecule has 5 nitrogen and oxygen atoms in total. The van der Waals surface area contributed by atoms with Gasteiger partial charge in [-0.1, -0.05) is 13.8 Å². The summed E-state index contributed by atoms with van der Waals surface area (Å²) in [5.74, 6) is 0.349. The van der Waals surface area contributed by atoms with Gasteiger partial charge in [-0.25, -0.2) is 0 Å². The molecule has 0 aromatic rings. The van der Waals surface area contributed by atoms with Gasteiger partial charge in [0.05, 0.1) is 12.1 Å². The van der Waals surface area contributed by atoms with E-state index in [9.17, 15) is 4.79 Å². The zero-order chi connectivity index (χ0) is 16.5. The lowest BCUT2D eigenvalue weighted by atomic mass is 9.93. The van der Waals surface area contributed by atoms with Crippen LogP contribution in [-0.2, 0) is 9.53 Å². The molecule has 0 radical (unpaired) electrons. The van der Waals surface area contributed by atoms with Gasteiger partial charge in [-0.3, -0.25) is 4.79 Å². The summed E-state index contributed by atoms with van der Waals surface area (Å²) in [6.45, 7) is 14.1. The molecule has 0 aliphatic carbocycles. The fourth-order valence-electron chi connectivity index (χ4n) is 2.59. The first-order valence-electron chi connectivity index (χ1n) is 8.00. The van der Waals surface area contributed by atoms with Crippen molar-refractivity contribution < 1.29 is 9.53 Å². The van der Waals surface area contributed by atoms with Crippen LogP contribution in [0, 0.1) is 5.92 Å². The molecule has 3 N–H and O–H groups in total. The van der Waals surface area contributed by atoms with Crippen molar-refractivity contribution >= 4 is 5.91 Å². The van der Waals surface area contributed by atoms with Crippen molar-refractivity contribution in [2.45, 2.75) is 59.0 Å². The molecule has 21 heavy (non-hydrogen) atoms. The summed E-state index contributed by atoms with van der Waals surface area (Å²) < 4.78 is 5.16. The van der Waals surface area contributed by atoms with Crippen LogP contribution in [-0.4, -0.2) is 55.7 Å². The van der Waals surface area contributed by atoms with Crippen molar-refractivity contribution in [3.8, 4) is 0 Å². The Bertz CT molecular complexity index is 295. The lowest BCUT2D eigenvalue weighted by molar-refractivity contribution is -0.124. The lowest BCUT2D eigenvalue weighted by Gasteiger charge is -2.31. The normalized spacial score (nSPS) is 14.9. The summed E-state index contributed by atoms with van der Waals surface area (Å²) in [5, 5.41) is 3.30. The molecule has 5 heteroatoms. The van der Waals surface area contributed by atoms with E-state index < -0.39 is 5.54 Å². The first-order valence-corrected chi connectivity index (χ1v) is 8.00. The van der Waals surface area contributed by atoms with Crippen molar-refractivity contribution in [2.24, 2.45) is 11.7 Å². The maximum atomic E-state index is 11.7. The molecule has 1 atom stereocenters. The van der Waals surface area contributed by atoms with E-state index in [0.717, 1.165) is 39.1 Å². The first kappa shape index (κ1) is 20.3. The second-order valence-corrected chi connectivity index (χ2v) is 6.79. The van der Waals surface area contributed by atoms with Crippen LogP contribution >= 0.6 is 0 Å². The van der Waals surface area contributed by atoms with E-state index in [1.54, 1.807) is 7.11 Å². The minimum absolute atomic E-state index is 0.239. The Labute approximate surface area is 130 Å². The maximum Gasteiger partial charge on any atom is 0.237 e. The fraction of sp³-hybridized carbons (Fsp3) is 0.938. The van der Waals surface area contributed by atoms with Gasteiger partial charge in [0, 0.05) is 26.2 Å². The van der Waals surface area contributed by atoms with Crippen LogP contribution in [0.15, 0.2) is 0 Å². The summed E-state index contributed by atoms with van der Waals surface area (Å²) in [6, 6.07) is 0.239. The molecule has 0 fully saturated rings. The van der Waals surface area contributed by atoms with Gasteiger partial charge in [-0.2, -0.15) is 0 Å². The Hall–Kier alpha value is -0.650. The molecule has 0 aromatic heterocycles. The molecule has 0 saturated heterocycles. The van der Waals surface area contributed by atoms with Gasteiger partial charge in [-0.05, 0) is 46.1 Å². The minimum Gasteiger partial charge on any atom is -0.383 e. The number of nitrogens with two attached hydrogens (primary N) is 1. The van der Waals surface area contributed by atoms with Crippen LogP contribution in [0.5, 0.6) is 0 Å². The average molecular weight is 301 g/mol. The summed E-state index contributed by atoms with van der Waals surface area (Å²) in [6.07, 6.45) is 1.69. The SMILES string of the molecule is COCCN(CCCC(C)(NC(C)C)C(N)=O)CC(C)C. The fourth-order valence-corrected chi connectivity index (χ4v) is 2.59. The van der Waals surface area contributed by atoms with Gasteiger partial charge >= 0.3 is 0 Å². The van der Waals surface area contributed by atoms with Crippen molar-refractivity contribution in [3.63, 3.8) is 0 Å². The number of carbonyl (C=O) groups is 1. The monoisotopic (exact) mass is 301 g/mol. The molecular weight excluding hydrogens is 266 g/mol. The molecule has 1 amide bonds. The smallest absolute Gasteiger partial charge is 0.237 e. The molecule has 0 aromatic carbocycles. The van der Waals surface area contributed by atoms with E-state index in [4.69, 9.17) is 10.5 Å². The molecule has 0 bridgehead atoms. The van der Waals surface area contributed by atoms with E-state index in [1.165, 1.54) is 0 Å². The Morgan fingerprint density at radius 3 is 2.33 bits per heavy atom. The summed E-state index contributed by atoms with van der Waals surface area (Å²) in [4.78, 5) is 14.1. The quantitative estimate of drug-likeness (QED) is 0.575. The number of nitrogens with one attached hydrogen (secondary N) is 1. The number of hydrogen-bond acceptors (Lipinski definition) is 4. The van der Waals surface area contributed by atoms with Gasteiger partial charge in [0.1, 0.15) is 0 Å². The summed E-state index contributed by atoms with van der Waals surface area (Å²) in [7, 11) is 1.73. The molecule has 0 spiro atoms. The number of ether oxygens (including phenoxy) is 1. The summed E-state index contributed by atoms with van der Waals surface area (Å²) in [5.41, 5.74) is 4.94. The van der Waals surface area contributed by atoms with Crippen molar-refractivity contribution in [3.05, 3.63) is 0 Å². The Kier molecular flexibility index (Phi) is 9.83. The molecule has 126 valence electrons. The number of amides is 1. The average Bonchev–Trinajstić information content (AvgIpc) is 2.33. The Balaban J connectivity index is 4.39. The van der Waals surface area contributed by atoms with E-state index in [0.29, 0.717) is 5.92 Å². The number of nitrogens with zero attached hydrogens (tertiary/aromatic N) is 1. The first-order chi connectivity index (χ1) is 9.71. The lowest BCUT2D eigenvalue weighted by Crippen LogP contribution is -2.55. The van der Waals surface area contributed by atoms with Gasteiger partial charge in [0.2, 0.25) is 5.91 Å². The molecule has 0 rings (SSSR count). The highest BCUT2D eigenvalue weighted by atomic mass is 16.5. The second-order valence-electron chi connectivity index (χ2n) is 6.79. The second kappa shape index (κ2) is 10.1. The minimum atomic E-state index is -0.626. The largest absolute Gasteiger partial charge is 0.383 e. The number of primary amides is 1. The predicted octanol–water partition coefficient (Wildman–Crippen LogP) is 1.61. The Morgan fingerprint density at radius 1 is 1.29 bits per heavy atom. The van der Waals surface area contributed by atoms with Gasteiger partial charge in [-0.15, -0.1) is 0 Å². The number of carbonyl (C=O) groups excluding carboxylic acids is 1. The highest BCUT2D eigenvalue weighted by Gasteiger charge is 2.30. The zero-order valence-corrected chi connectivity index (χ0v) is 14.7. The highest BCUT2D eigenvalue weighted by Crippen LogP contribution is 2.14. The third-order valence-electron chi connectivity index (χ3n) is 3.54. The Morgan fingerprint density at radius 2 is 1.90 bits per heavy atom. The van der Waals surface area contributed by atoms with Crippen LogP contribution < -0.4 is 11.1 Å².